The molecule has 0 aliphatic heterocycles. The van der Waals surface area contributed by atoms with Gasteiger partial charge in [-0.05, 0) is 24.7 Å². The first kappa shape index (κ1) is 21.8. The Labute approximate surface area is 184 Å². The third-order valence-electron chi connectivity index (χ3n) is 3.97. The van der Waals surface area contributed by atoms with Crippen molar-refractivity contribution in [3.8, 4) is 23.0 Å². The number of nitrogens with two attached hydrogens (primary N) is 2. The summed E-state index contributed by atoms with van der Waals surface area (Å²) < 4.78 is 1.76. The van der Waals surface area contributed by atoms with Crippen LogP contribution >= 0.6 is 0 Å². The summed E-state index contributed by atoms with van der Waals surface area (Å²) in [5, 5.41) is 22.1. The Kier molecular flexibility index (Phi) is 7.46. The average Bonchev–Trinajstić information content (AvgIpc) is 3.33. The second kappa shape index (κ2) is 9.60. The van der Waals surface area contributed by atoms with Crippen LogP contribution in [0.4, 0.5) is 5.69 Å². The van der Waals surface area contributed by atoms with Crippen molar-refractivity contribution in [2.24, 2.45) is 11.5 Å². The molecule has 10 nitrogen and oxygen atoms in total. The van der Waals surface area contributed by atoms with Gasteiger partial charge in [0.1, 0.15) is 5.69 Å². The van der Waals surface area contributed by atoms with Crippen molar-refractivity contribution in [2.75, 3.05) is 18.9 Å². The quantitative estimate of drug-likeness (QED) is 0.167. The van der Waals surface area contributed by atoms with E-state index in [1.807, 2.05) is 0 Å². The zero-order valence-corrected chi connectivity index (χ0v) is 18.0. The van der Waals surface area contributed by atoms with Crippen molar-refractivity contribution in [2.45, 2.75) is 13.0 Å². The van der Waals surface area contributed by atoms with Crippen molar-refractivity contribution < 1.29 is 29.6 Å². The van der Waals surface area contributed by atoms with E-state index in [0.29, 0.717) is 53.1 Å². The standard InChI is InChI=1S/C17H21N10.Na/c1-10(20)12-8-13(21-2)11(9-19)15(23-12)17-24-16(25-26-17)14-4-6-22-27(14)7-3-5-18;/h4,8-9,19H,1,3,5,7,18,20H2,2H3,(H,21,23)(H,24,25,26);/q-1;+1. The van der Waals surface area contributed by atoms with Crippen LogP contribution < -0.4 is 46.3 Å². The molecule has 0 saturated heterocycles. The van der Waals surface area contributed by atoms with Crippen LogP contribution in [0.1, 0.15) is 17.7 Å². The second-order valence-corrected chi connectivity index (χ2v) is 5.77. The molecule has 0 aliphatic rings. The fraction of sp³-hybridized carbons (Fsp3) is 0.235. The fourth-order valence-corrected chi connectivity index (χ4v) is 2.62. The number of aryl methyl sites for hydroxylation is 1. The van der Waals surface area contributed by atoms with E-state index in [0.717, 1.165) is 12.1 Å². The third-order valence-corrected chi connectivity index (χ3v) is 3.97. The normalized spacial score (nSPS) is 10.4. The van der Waals surface area contributed by atoms with Gasteiger partial charge in [-0.25, -0.2) is 9.97 Å². The van der Waals surface area contributed by atoms with Crippen molar-refractivity contribution in [3.63, 3.8) is 0 Å². The number of rotatable bonds is 8. The second-order valence-electron chi connectivity index (χ2n) is 5.77. The number of pyridine rings is 1. The molecule has 0 spiro atoms. The summed E-state index contributed by atoms with van der Waals surface area (Å²) in [5.41, 5.74) is 14.6. The van der Waals surface area contributed by atoms with Gasteiger partial charge >= 0.3 is 29.6 Å². The van der Waals surface area contributed by atoms with E-state index in [4.69, 9.17) is 16.9 Å². The van der Waals surface area contributed by atoms with Crippen molar-refractivity contribution >= 4 is 17.6 Å². The summed E-state index contributed by atoms with van der Waals surface area (Å²) in [6.07, 6.45) is 4.80. The first-order valence-corrected chi connectivity index (χ1v) is 8.34. The predicted molar refractivity (Wildman–Crippen MR) is 104 cm³/mol. The first-order chi connectivity index (χ1) is 13.1. The van der Waals surface area contributed by atoms with Crippen LogP contribution in [0.2, 0.25) is 0 Å². The minimum atomic E-state index is 0. The molecule has 3 rings (SSSR count). The maximum absolute atomic E-state index is 7.76. The number of anilines is 1. The molecule has 0 amide bonds. The minimum absolute atomic E-state index is 0. The van der Waals surface area contributed by atoms with Crippen molar-refractivity contribution in [1.82, 2.24) is 29.9 Å². The number of aromatic amines is 1. The van der Waals surface area contributed by atoms with Gasteiger partial charge in [0, 0.05) is 31.1 Å². The van der Waals surface area contributed by atoms with Crippen LogP contribution in [-0.2, 0) is 6.54 Å². The van der Waals surface area contributed by atoms with E-state index in [2.05, 4.69) is 43.4 Å². The number of H-pyrrole nitrogens is 1. The Morgan fingerprint density at radius 3 is 2.89 bits per heavy atom. The first-order valence-electron chi connectivity index (χ1n) is 8.34. The molecule has 28 heavy (non-hydrogen) atoms. The van der Waals surface area contributed by atoms with Gasteiger partial charge in [-0.1, -0.05) is 6.58 Å². The predicted octanol–water partition coefficient (Wildman–Crippen LogP) is -2.15. The molecule has 11 heteroatoms. The topological polar surface area (TPSA) is 160 Å². The van der Waals surface area contributed by atoms with Gasteiger partial charge in [0.25, 0.3) is 0 Å². The number of hydrogen-bond donors (Lipinski definition) is 5. The van der Waals surface area contributed by atoms with Crippen molar-refractivity contribution in [3.05, 3.63) is 36.2 Å². The van der Waals surface area contributed by atoms with Gasteiger partial charge in [0.2, 0.25) is 0 Å². The largest absolute Gasteiger partial charge is 1.00 e. The van der Waals surface area contributed by atoms with Crippen LogP contribution in [0.5, 0.6) is 0 Å². The molecule has 0 atom stereocenters. The molecule has 0 bridgehead atoms. The fourth-order valence-electron chi connectivity index (χ4n) is 2.62. The van der Waals surface area contributed by atoms with Crippen LogP contribution in [0.3, 0.4) is 0 Å². The molecule has 0 fully saturated rings. The Hall–Kier alpha value is -2.53. The molecule has 140 valence electrons. The summed E-state index contributed by atoms with van der Waals surface area (Å²) >= 11 is 0. The SMILES string of the molecule is C=C(N)c1cc(NC)c(C=N)c(-c2n[nH]c(-c3c[c-]nn3CCCN)n2)n1.[Na+]. The molecular formula is C17H21N10Na. The number of nitrogens with one attached hydrogen (secondary N) is 3. The summed E-state index contributed by atoms with van der Waals surface area (Å²) in [7, 11) is 1.75. The Morgan fingerprint density at radius 1 is 1.46 bits per heavy atom. The van der Waals surface area contributed by atoms with Crippen molar-refractivity contribution in [1.29, 1.82) is 5.41 Å². The Morgan fingerprint density at radius 2 is 2.25 bits per heavy atom. The number of nitrogens with zero attached hydrogens (tertiary/aromatic N) is 5. The summed E-state index contributed by atoms with van der Waals surface area (Å²) in [4.78, 5) is 9.01. The molecule has 0 aliphatic carbocycles. The van der Waals surface area contributed by atoms with Gasteiger partial charge in [-0.15, -0.1) is 6.20 Å². The summed E-state index contributed by atoms with van der Waals surface area (Å²) in [5.74, 6) is 0.867. The molecular weight excluding hydrogens is 367 g/mol. The summed E-state index contributed by atoms with van der Waals surface area (Å²) in [6, 6.07) is 3.46. The van der Waals surface area contributed by atoms with Crippen LogP contribution in [0, 0.1) is 11.6 Å². The Bertz CT molecular complexity index is 974. The molecule has 0 saturated carbocycles. The number of aromatic nitrogens is 6. The molecule has 0 aromatic carbocycles. The average molecular weight is 388 g/mol. The minimum Gasteiger partial charge on any atom is -0.397 e. The Balaban J connectivity index is 0.00000280. The van der Waals surface area contributed by atoms with Gasteiger partial charge in [0.15, 0.2) is 5.82 Å². The van der Waals surface area contributed by atoms with Crippen LogP contribution in [0.15, 0.2) is 18.7 Å². The van der Waals surface area contributed by atoms with E-state index in [9.17, 15) is 0 Å². The molecule has 3 heterocycles. The van der Waals surface area contributed by atoms with Gasteiger partial charge in [-0.3, -0.25) is 5.10 Å². The summed E-state index contributed by atoms with van der Waals surface area (Å²) in [6.45, 7) is 4.95. The van der Waals surface area contributed by atoms with Gasteiger partial charge in [-0.2, -0.15) is 11.2 Å². The van der Waals surface area contributed by atoms with E-state index in [1.165, 1.54) is 6.21 Å². The zero-order valence-electron chi connectivity index (χ0n) is 16.0. The van der Waals surface area contributed by atoms with Gasteiger partial charge in [0.05, 0.1) is 17.2 Å². The molecule has 7 N–H and O–H groups in total. The zero-order chi connectivity index (χ0) is 19.4. The molecule has 0 radical (unpaired) electrons. The molecule has 0 unspecified atom stereocenters. The van der Waals surface area contributed by atoms with E-state index in [1.54, 1.807) is 23.9 Å². The maximum Gasteiger partial charge on any atom is 1.00 e. The number of hydrogen-bond acceptors (Lipinski definition) is 8. The van der Waals surface area contributed by atoms with Crippen LogP contribution in [0.25, 0.3) is 28.7 Å². The van der Waals surface area contributed by atoms with E-state index < -0.39 is 0 Å². The molecule has 3 aromatic heterocycles. The maximum atomic E-state index is 7.76. The van der Waals surface area contributed by atoms with Crippen LogP contribution in [-0.4, -0.2) is 49.8 Å². The smallest absolute Gasteiger partial charge is 0.397 e. The van der Waals surface area contributed by atoms with E-state index in [-0.39, 0.29) is 29.6 Å². The monoisotopic (exact) mass is 388 g/mol. The third kappa shape index (κ3) is 4.30. The van der Waals surface area contributed by atoms with E-state index >= 15 is 0 Å². The van der Waals surface area contributed by atoms with Gasteiger partial charge < -0.3 is 32.0 Å². The molecule has 3 aromatic rings.